The Labute approximate surface area is 354 Å². The standard InChI is InChI=1S/2C18H36O2.2Ca.Mg.6H/c2*1-2-3-4-5-6-7-8-9-10-11-12-13-14-15-16-17-18(19)20;;;;;;;;;/h2*2-17H2,1H3,(H,19,20);;;;;;;;;/q;;3*+2;6*-1. The molecular formula is C36H78Ca2MgO4. The first-order valence-electron chi connectivity index (χ1n) is 18.0. The predicted molar refractivity (Wildman–Crippen MR) is 198 cm³/mol. The van der Waals surface area contributed by atoms with E-state index in [4.69, 9.17) is 10.2 Å². The molecule has 0 radical (unpaired) electrons. The molecule has 4 nitrogen and oxygen atoms in total. The molecule has 252 valence electrons. The van der Waals surface area contributed by atoms with Crippen molar-refractivity contribution in [3.8, 4) is 0 Å². The molecule has 0 bridgehead atoms. The van der Waals surface area contributed by atoms with E-state index in [-0.39, 0.29) is 107 Å². The fourth-order valence-electron chi connectivity index (χ4n) is 5.30. The molecule has 0 saturated carbocycles. The average Bonchev–Trinajstić information content (AvgIpc) is 2.93. The molecule has 0 aromatic rings. The third-order valence-corrected chi connectivity index (χ3v) is 7.99. The van der Waals surface area contributed by atoms with Crippen LogP contribution in [0.3, 0.4) is 0 Å². The zero-order valence-corrected chi connectivity index (χ0v) is 35.3. The topological polar surface area (TPSA) is 74.6 Å². The summed E-state index contributed by atoms with van der Waals surface area (Å²) in [6.07, 6.45) is 40.4. The molecule has 0 heterocycles. The van der Waals surface area contributed by atoms with Crippen LogP contribution in [0.4, 0.5) is 0 Å². The second kappa shape index (κ2) is 51.1. The van der Waals surface area contributed by atoms with Crippen LogP contribution >= 0.6 is 0 Å². The molecule has 0 atom stereocenters. The van der Waals surface area contributed by atoms with Crippen LogP contribution < -0.4 is 0 Å². The van der Waals surface area contributed by atoms with Gasteiger partial charge in [-0.1, -0.05) is 194 Å². The number of carboxylic acids is 2. The molecule has 0 aliphatic rings. The monoisotopic (exact) mass is 679 g/mol. The molecule has 0 aromatic heterocycles. The summed E-state index contributed by atoms with van der Waals surface area (Å²) in [6.45, 7) is 4.54. The van der Waals surface area contributed by atoms with Crippen molar-refractivity contribution in [2.75, 3.05) is 0 Å². The summed E-state index contributed by atoms with van der Waals surface area (Å²) in [6, 6.07) is 0. The molecule has 0 saturated heterocycles. The smallest absolute Gasteiger partial charge is 1.00 e. The van der Waals surface area contributed by atoms with Gasteiger partial charge < -0.3 is 18.8 Å². The second-order valence-corrected chi connectivity index (χ2v) is 12.2. The van der Waals surface area contributed by atoms with E-state index >= 15 is 0 Å². The van der Waals surface area contributed by atoms with Gasteiger partial charge in [-0.2, -0.15) is 0 Å². The van der Waals surface area contributed by atoms with E-state index in [1.807, 2.05) is 0 Å². The van der Waals surface area contributed by atoms with Crippen LogP contribution in [0.1, 0.15) is 228 Å². The first-order valence-corrected chi connectivity index (χ1v) is 18.0. The van der Waals surface area contributed by atoms with Crippen molar-refractivity contribution in [3.63, 3.8) is 0 Å². The number of hydrogen-bond donors (Lipinski definition) is 2. The van der Waals surface area contributed by atoms with Gasteiger partial charge in [-0.15, -0.1) is 0 Å². The van der Waals surface area contributed by atoms with Crippen molar-refractivity contribution in [2.24, 2.45) is 0 Å². The molecule has 0 aromatic carbocycles. The molecule has 2 N–H and O–H groups in total. The van der Waals surface area contributed by atoms with Crippen molar-refractivity contribution in [2.45, 2.75) is 219 Å². The zero-order valence-electron chi connectivity index (χ0n) is 35.5. The Morgan fingerprint density at radius 1 is 0.349 bits per heavy atom. The summed E-state index contributed by atoms with van der Waals surface area (Å²) in [4.78, 5) is 20.7. The summed E-state index contributed by atoms with van der Waals surface area (Å²) in [7, 11) is 0. The van der Waals surface area contributed by atoms with Crippen molar-refractivity contribution in [1.82, 2.24) is 0 Å². The van der Waals surface area contributed by atoms with E-state index < -0.39 is 11.9 Å². The molecule has 43 heavy (non-hydrogen) atoms. The van der Waals surface area contributed by atoms with E-state index in [1.165, 1.54) is 167 Å². The molecule has 0 spiro atoms. The van der Waals surface area contributed by atoms with Crippen LogP contribution in [0.5, 0.6) is 0 Å². The third kappa shape index (κ3) is 60.1. The van der Waals surface area contributed by atoms with Crippen molar-refractivity contribution >= 4 is 110 Å². The molecule has 7 heteroatoms. The van der Waals surface area contributed by atoms with Gasteiger partial charge in [0.15, 0.2) is 0 Å². The largest absolute Gasteiger partial charge is 2.00 e. The molecule has 0 fully saturated rings. The summed E-state index contributed by atoms with van der Waals surface area (Å²) in [5.74, 6) is -1.31. The Balaban J connectivity index is -0.0000000553. The van der Waals surface area contributed by atoms with Crippen LogP contribution in [0, 0.1) is 0 Å². The Morgan fingerprint density at radius 2 is 0.488 bits per heavy atom. The molecule has 0 unspecified atom stereocenters. The first kappa shape index (κ1) is 54.7. The van der Waals surface area contributed by atoms with Gasteiger partial charge in [0.2, 0.25) is 0 Å². The fourth-order valence-corrected chi connectivity index (χ4v) is 5.30. The quantitative estimate of drug-likeness (QED) is 0.0548. The van der Waals surface area contributed by atoms with Crippen LogP contribution in [0.25, 0.3) is 0 Å². The Bertz CT molecular complexity index is 492. The number of aliphatic carboxylic acids is 2. The maximum Gasteiger partial charge on any atom is 2.00 e. The van der Waals surface area contributed by atoms with Gasteiger partial charge in [0, 0.05) is 12.8 Å². The summed E-state index contributed by atoms with van der Waals surface area (Å²) < 4.78 is 0. The molecular weight excluding hydrogens is 601 g/mol. The van der Waals surface area contributed by atoms with Crippen LogP contribution in [-0.2, 0) is 9.59 Å². The average molecular weight is 679 g/mol. The molecule has 0 amide bonds. The van der Waals surface area contributed by atoms with E-state index in [0.29, 0.717) is 12.8 Å². The normalized spacial score (nSPS) is 10.1. The molecule has 0 aliphatic heterocycles. The third-order valence-electron chi connectivity index (χ3n) is 7.99. The van der Waals surface area contributed by atoms with E-state index in [1.54, 1.807) is 0 Å². The number of hydrogen-bond acceptors (Lipinski definition) is 2. The maximum absolute atomic E-state index is 10.3. The first-order chi connectivity index (χ1) is 19.5. The minimum atomic E-state index is -0.653. The minimum Gasteiger partial charge on any atom is -1.00 e. The van der Waals surface area contributed by atoms with E-state index in [0.717, 1.165) is 25.7 Å². The van der Waals surface area contributed by atoms with Crippen molar-refractivity contribution < 1.29 is 28.4 Å². The SMILES string of the molecule is CCCCCCCCCCCCCCCCCC(=O)O.CCCCCCCCCCCCCCCCCC(=O)O.[Ca+2].[Ca+2].[H-].[H-].[H-].[H-].[H-].[H-].[Mg+2]. The number of carbonyl (C=O) groups is 2. The maximum atomic E-state index is 10.3. The summed E-state index contributed by atoms with van der Waals surface area (Å²) >= 11 is 0. The number of unbranched alkanes of at least 4 members (excludes halogenated alkanes) is 28. The van der Waals surface area contributed by atoms with Gasteiger partial charge >= 0.3 is 110 Å². The zero-order chi connectivity index (χ0) is 29.8. The van der Waals surface area contributed by atoms with Crippen LogP contribution in [-0.4, -0.2) is 121 Å². The number of rotatable bonds is 32. The second-order valence-electron chi connectivity index (χ2n) is 12.2. The number of carboxylic acid groups (broad SMARTS) is 2. The predicted octanol–water partition coefficient (Wildman–Crippen LogP) is 12.2. The minimum absolute atomic E-state index is 0. The fraction of sp³-hybridized carbons (Fsp3) is 0.944. The molecule has 0 rings (SSSR count). The van der Waals surface area contributed by atoms with E-state index in [9.17, 15) is 9.59 Å². The Hall–Kier alpha value is 2.23. The van der Waals surface area contributed by atoms with Crippen LogP contribution in [0.2, 0.25) is 0 Å². The van der Waals surface area contributed by atoms with Crippen LogP contribution in [0.15, 0.2) is 0 Å². The molecule has 0 aliphatic carbocycles. The van der Waals surface area contributed by atoms with Gasteiger partial charge in [-0.3, -0.25) is 9.59 Å². The summed E-state index contributed by atoms with van der Waals surface area (Å²) in [5, 5.41) is 17.0. The summed E-state index contributed by atoms with van der Waals surface area (Å²) in [5.41, 5.74) is 0. The van der Waals surface area contributed by atoms with Gasteiger partial charge in [0.1, 0.15) is 0 Å². The van der Waals surface area contributed by atoms with Gasteiger partial charge in [0.25, 0.3) is 0 Å². The Kier molecular flexibility index (Phi) is 64.9. The van der Waals surface area contributed by atoms with Crippen molar-refractivity contribution in [1.29, 1.82) is 0 Å². The van der Waals surface area contributed by atoms with Gasteiger partial charge in [0.05, 0.1) is 0 Å². The van der Waals surface area contributed by atoms with Gasteiger partial charge in [-0.05, 0) is 12.8 Å². The van der Waals surface area contributed by atoms with Gasteiger partial charge in [-0.25, -0.2) is 0 Å². The van der Waals surface area contributed by atoms with E-state index in [2.05, 4.69) is 13.8 Å². The Morgan fingerprint density at radius 3 is 0.628 bits per heavy atom. The van der Waals surface area contributed by atoms with Crippen molar-refractivity contribution in [3.05, 3.63) is 0 Å².